The largest absolute Gasteiger partial charge is 0.507 e. The van der Waals surface area contributed by atoms with Crippen LogP contribution in [0, 0.1) is 13.8 Å². The summed E-state index contributed by atoms with van der Waals surface area (Å²) in [5, 5.41) is 16.8. The van der Waals surface area contributed by atoms with Crippen LogP contribution >= 0.6 is 0 Å². The molecule has 41 heavy (non-hydrogen) atoms. The second kappa shape index (κ2) is 13.4. The Labute approximate surface area is 242 Å². The molecule has 3 N–H and O–H groups in total. The monoisotopic (exact) mass is 559 g/mol. The highest BCUT2D eigenvalue weighted by Crippen LogP contribution is 2.34. The molecular formula is C33H41N3O5. The molecule has 0 spiro atoms. The van der Waals surface area contributed by atoms with Crippen molar-refractivity contribution in [1.29, 1.82) is 0 Å². The van der Waals surface area contributed by atoms with E-state index >= 15 is 0 Å². The smallest absolute Gasteiger partial charge is 0.408 e. The first kappa shape index (κ1) is 31.2. The van der Waals surface area contributed by atoms with Crippen molar-refractivity contribution in [3.63, 3.8) is 0 Å². The van der Waals surface area contributed by atoms with Gasteiger partial charge in [0.15, 0.2) is 0 Å². The molecule has 3 aromatic rings. The van der Waals surface area contributed by atoms with Gasteiger partial charge in [0, 0.05) is 23.7 Å². The molecule has 0 saturated carbocycles. The number of hydrogen-bond acceptors (Lipinski definition) is 5. The number of carbonyl (C=O) groups is 3. The maximum atomic E-state index is 14.4. The molecule has 0 bridgehead atoms. The molecule has 0 aliphatic carbocycles. The third kappa shape index (κ3) is 8.33. The van der Waals surface area contributed by atoms with E-state index in [0.717, 1.165) is 11.1 Å². The zero-order valence-corrected chi connectivity index (χ0v) is 24.9. The van der Waals surface area contributed by atoms with Gasteiger partial charge in [0.2, 0.25) is 5.91 Å². The third-order valence-corrected chi connectivity index (χ3v) is 6.58. The summed E-state index contributed by atoms with van der Waals surface area (Å²) in [5.41, 5.74) is 2.35. The fraction of sp³-hybridized carbons (Fsp3) is 0.364. The van der Waals surface area contributed by atoms with Crippen molar-refractivity contribution in [1.82, 2.24) is 10.2 Å². The number of hydrogen-bond donors (Lipinski definition) is 3. The van der Waals surface area contributed by atoms with Crippen molar-refractivity contribution in [3.8, 4) is 5.75 Å². The van der Waals surface area contributed by atoms with Gasteiger partial charge in [-0.25, -0.2) is 4.79 Å². The molecule has 2 atom stereocenters. The van der Waals surface area contributed by atoms with Gasteiger partial charge in [0.1, 0.15) is 23.4 Å². The first-order chi connectivity index (χ1) is 19.3. The van der Waals surface area contributed by atoms with E-state index in [0.29, 0.717) is 11.3 Å². The number of benzene rings is 3. The lowest BCUT2D eigenvalue weighted by molar-refractivity contribution is -0.143. The molecule has 0 saturated heterocycles. The van der Waals surface area contributed by atoms with E-state index in [9.17, 15) is 19.5 Å². The van der Waals surface area contributed by atoms with Crippen molar-refractivity contribution in [2.24, 2.45) is 0 Å². The maximum absolute atomic E-state index is 14.4. The minimum absolute atomic E-state index is 0.0735. The van der Waals surface area contributed by atoms with E-state index in [1.54, 1.807) is 65.8 Å². The van der Waals surface area contributed by atoms with Gasteiger partial charge >= 0.3 is 6.09 Å². The number of para-hydroxylation sites is 2. The number of rotatable bonds is 9. The summed E-state index contributed by atoms with van der Waals surface area (Å²) < 4.78 is 5.48. The van der Waals surface area contributed by atoms with Gasteiger partial charge in [0.05, 0.1) is 0 Å². The Hall–Kier alpha value is -4.33. The van der Waals surface area contributed by atoms with Crippen molar-refractivity contribution in [2.75, 3.05) is 5.32 Å². The van der Waals surface area contributed by atoms with E-state index in [-0.39, 0.29) is 17.7 Å². The zero-order chi connectivity index (χ0) is 30.3. The Morgan fingerprint density at radius 1 is 0.878 bits per heavy atom. The SMILES string of the molecule is Cc1ccccc1NC(=O)C(c1cccc(C)c1O)N(C(=O)C(Cc1ccccc1)NC(=O)OC(C)(C)C)C(C)C. The van der Waals surface area contributed by atoms with Crippen LogP contribution in [0.2, 0.25) is 0 Å². The number of aryl methyl sites for hydroxylation is 2. The minimum Gasteiger partial charge on any atom is -0.507 e. The van der Waals surface area contributed by atoms with Gasteiger partial charge < -0.3 is 25.4 Å². The van der Waals surface area contributed by atoms with Crippen molar-refractivity contribution in [3.05, 3.63) is 95.1 Å². The number of nitrogens with zero attached hydrogens (tertiary/aromatic N) is 1. The van der Waals surface area contributed by atoms with Crippen molar-refractivity contribution < 1.29 is 24.2 Å². The standard InChI is InChI=1S/C33H41N3O5/c1-21(2)36(31(39)27(20-24-16-9-8-10-17-24)35-32(40)41-33(5,6)7)28(25-18-13-15-23(4)29(25)37)30(38)34-26-19-12-11-14-22(26)3/h8-19,21,27-28,37H,20H2,1-7H3,(H,34,38)(H,35,40). The summed E-state index contributed by atoms with van der Waals surface area (Å²) in [5.74, 6) is -1.05. The van der Waals surface area contributed by atoms with E-state index in [1.165, 1.54) is 4.90 Å². The molecule has 0 heterocycles. The lowest BCUT2D eigenvalue weighted by atomic mass is 9.96. The van der Waals surface area contributed by atoms with Crippen LogP contribution < -0.4 is 10.6 Å². The first-order valence-electron chi connectivity index (χ1n) is 13.8. The van der Waals surface area contributed by atoms with Gasteiger partial charge in [-0.2, -0.15) is 0 Å². The Morgan fingerprint density at radius 2 is 1.49 bits per heavy atom. The molecule has 0 fully saturated rings. The summed E-state index contributed by atoms with van der Waals surface area (Å²) in [6, 6.07) is 19.0. The predicted molar refractivity (Wildman–Crippen MR) is 161 cm³/mol. The van der Waals surface area contributed by atoms with Crippen molar-refractivity contribution >= 4 is 23.6 Å². The molecule has 0 aromatic heterocycles. The van der Waals surface area contributed by atoms with Crippen LogP contribution in [0.3, 0.4) is 0 Å². The normalized spacial score (nSPS) is 12.8. The van der Waals surface area contributed by atoms with Crippen LogP contribution in [0.15, 0.2) is 72.8 Å². The summed E-state index contributed by atoms with van der Waals surface area (Å²) in [4.78, 5) is 42.8. The Morgan fingerprint density at radius 3 is 2.10 bits per heavy atom. The molecule has 3 aromatic carbocycles. The predicted octanol–water partition coefficient (Wildman–Crippen LogP) is 6.06. The van der Waals surface area contributed by atoms with E-state index in [4.69, 9.17) is 4.74 Å². The number of nitrogens with one attached hydrogen (secondary N) is 2. The summed E-state index contributed by atoms with van der Waals surface area (Å²) >= 11 is 0. The van der Waals surface area contributed by atoms with Gasteiger partial charge in [-0.15, -0.1) is 0 Å². The fourth-order valence-corrected chi connectivity index (χ4v) is 4.59. The number of aromatic hydroxyl groups is 1. The van der Waals surface area contributed by atoms with E-state index in [1.807, 2.05) is 55.5 Å². The average Bonchev–Trinajstić information content (AvgIpc) is 2.89. The van der Waals surface area contributed by atoms with Crippen molar-refractivity contribution in [2.45, 2.75) is 78.6 Å². The van der Waals surface area contributed by atoms with Gasteiger partial charge in [-0.05, 0) is 71.2 Å². The molecule has 0 aliphatic rings. The number of ether oxygens (including phenoxy) is 1. The molecule has 0 radical (unpaired) electrons. The van der Waals surface area contributed by atoms with Gasteiger partial charge in [-0.3, -0.25) is 9.59 Å². The highest BCUT2D eigenvalue weighted by atomic mass is 16.6. The van der Waals surface area contributed by atoms with Gasteiger partial charge in [0.25, 0.3) is 5.91 Å². The van der Waals surface area contributed by atoms with Crippen LogP contribution in [0.25, 0.3) is 0 Å². The van der Waals surface area contributed by atoms with E-state index < -0.39 is 41.6 Å². The quantitative estimate of drug-likeness (QED) is 0.295. The topological polar surface area (TPSA) is 108 Å². The molecular weight excluding hydrogens is 518 g/mol. The Balaban J connectivity index is 2.10. The number of alkyl carbamates (subject to hydrolysis) is 1. The Bertz CT molecular complexity index is 1360. The van der Waals surface area contributed by atoms with Crippen LogP contribution in [0.5, 0.6) is 5.75 Å². The molecule has 8 heteroatoms. The number of phenolic OH excluding ortho intramolecular Hbond substituents is 1. The van der Waals surface area contributed by atoms with Gasteiger partial charge in [-0.1, -0.05) is 66.7 Å². The summed E-state index contributed by atoms with van der Waals surface area (Å²) in [7, 11) is 0. The zero-order valence-electron chi connectivity index (χ0n) is 24.9. The van der Waals surface area contributed by atoms with E-state index in [2.05, 4.69) is 10.6 Å². The molecule has 2 unspecified atom stereocenters. The number of carbonyl (C=O) groups excluding carboxylic acids is 3. The minimum atomic E-state index is -1.19. The van der Waals surface area contributed by atoms with Crippen LogP contribution in [0.1, 0.15) is 62.9 Å². The Kier molecular flexibility index (Phi) is 10.2. The summed E-state index contributed by atoms with van der Waals surface area (Å²) in [6.45, 7) is 12.4. The second-order valence-electron chi connectivity index (χ2n) is 11.4. The molecule has 3 amide bonds. The molecule has 8 nitrogen and oxygen atoms in total. The molecule has 0 aliphatic heterocycles. The lowest BCUT2D eigenvalue weighted by Crippen LogP contribution is -2.55. The number of phenols is 1. The maximum Gasteiger partial charge on any atom is 0.408 e. The number of anilines is 1. The molecule has 3 rings (SSSR count). The van der Waals surface area contributed by atoms with Crippen LogP contribution in [-0.2, 0) is 20.7 Å². The first-order valence-corrected chi connectivity index (χ1v) is 13.8. The van der Waals surface area contributed by atoms with Crippen LogP contribution in [0.4, 0.5) is 10.5 Å². The second-order valence-corrected chi connectivity index (χ2v) is 11.4. The summed E-state index contributed by atoms with van der Waals surface area (Å²) in [6.07, 6.45) is -0.566. The molecule has 218 valence electrons. The van der Waals surface area contributed by atoms with Crippen LogP contribution in [-0.4, -0.2) is 45.6 Å². The average molecular weight is 560 g/mol. The highest BCUT2D eigenvalue weighted by Gasteiger charge is 2.39. The fourth-order valence-electron chi connectivity index (χ4n) is 4.59. The third-order valence-electron chi connectivity index (χ3n) is 6.58. The number of amides is 3. The highest BCUT2D eigenvalue weighted by molar-refractivity contribution is 6.00. The lowest BCUT2D eigenvalue weighted by Gasteiger charge is -2.37.